The van der Waals surface area contributed by atoms with Gasteiger partial charge >= 0.3 is 11.9 Å². The summed E-state index contributed by atoms with van der Waals surface area (Å²) in [6.45, 7) is 4.01. The molecule has 0 saturated carbocycles. The maximum atomic E-state index is 12.2. The lowest BCUT2D eigenvalue weighted by atomic mass is 10.1. The number of aliphatic hydroxyl groups excluding tert-OH is 1. The zero-order valence-corrected chi connectivity index (χ0v) is 33.5. The molecule has 52 heavy (non-hydrogen) atoms. The topological polar surface area (TPSA) is 72.8 Å². The fourth-order valence-electron chi connectivity index (χ4n) is 5.45. The van der Waals surface area contributed by atoms with Crippen LogP contribution in [0.15, 0.2) is 85.1 Å². The van der Waals surface area contributed by atoms with Gasteiger partial charge in [-0.05, 0) is 83.5 Å². The van der Waals surface area contributed by atoms with Gasteiger partial charge in [-0.1, -0.05) is 170 Å². The van der Waals surface area contributed by atoms with Gasteiger partial charge in [-0.25, -0.2) is 0 Å². The van der Waals surface area contributed by atoms with Crippen molar-refractivity contribution in [3.63, 3.8) is 0 Å². The highest BCUT2D eigenvalue weighted by Gasteiger charge is 2.15. The summed E-state index contributed by atoms with van der Waals surface area (Å²) in [4.78, 5) is 24.3. The minimum atomic E-state index is -0.817. The number of hydrogen-bond acceptors (Lipinski definition) is 5. The lowest BCUT2D eigenvalue weighted by molar-refractivity contribution is -0.161. The van der Waals surface area contributed by atoms with Gasteiger partial charge in [0.05, 0.1) is 6.61 Å². The molecule has 0 aliphatic carbocycles. The molecule has 0 aliphatic heterocycles. The van der Waals surface area contributed by atoms with Gasteiger partial charge in [0.2, 0.25) is 0 Å². The Morgan fingerprint density at radius 2 is 0.808 bits per heavy atom. The molecular formula is C47H78O5. The van der Waals surface area contributed by atoms with Gasteiger partial charge in [0, 0.05) is 12.8 Å². The molecule has 0 rings (SSSR count). The Labute approximate surface area is 320 Å². The summed E-state index contributed by atoms with van der Waals surface area (Å²) in [6, 6.07) is 0. The zero-order valence-electron chi connectivity index (χ0n) is 33.5. The maximum absolute atomic E-state index is 12.2. The number of allylic oxidation sites excluding steroid dienone is 14. The smallest absolute Gasteiger partial charge is 0.306 e. The van der Waals surface area contributed by atoms with Crippen molar-refractivity contribution in [2.24, 2.45) is 0 Å². The molecule has 5 nitrogen and oxygen atoms in total. The van der Waals surface area contributed by atoms with Crippen molar-refractivity contribution in [3.05, 3.63) is 85.1 Å². The largest absolute Gasteiger partial charge is 0.462 e. The molecule has 0 bridgehead atoms. The number of ether oxygens (including phenoxy) is 2. The van der Waals surface area contributed by atoms with Crippen molar-refractivity contribution >= 4 is 11.9 Å². The highest BCUT2D eigenvalue weighted by atomic mass is 16.6. The predicted octanol–water partition coefficient (Wildman–Crippen LogP) is 13.5. The summed E-state index contributed by atoms with van der Waals surface area (Å²) < 4.78 is 10.6. The molecule has 0 aromatic rings. The Morgan fingerprint density at radius 3 is 1.23 bits per heavy atom. The first-order valence-electron chi connectivity index (χ1n) is 21.1. The fourth-order valence-corrected chi connectivity index (χ4v) is 5.45. The Balaban J connectivity index is 3.69. The molecule has 0 aromatic carbocycles. The van der Waals surface area contributed by atoms with Crippen LogP contribution in [0.25, 0.3) is 0 Å². The van der Waals surface area contributed by atoms with Crippen LogP contribution in [0.2, 0.25) is 0 Å². The van der Waals surface area contributed by atoms with Crippen molar-refractivity contribution in [2.75, 3.05) is 13.2 Å². The summed E-state index contributed by atoms with van der Waals surface area (Å²) in [5, 5.41) is 9.56. The first kappa shape index (κ1) is 49.1. The standard InChI is InChI=1S/C47H78O5/c1-3-5-7-9-11-13-15-17-19-21-23-25-27-29-31-33-35-37-39-41-46(49)51-44-45(43-48)52-47(50)42-40-38-36-34-32-30-28-26-24-22-20-18-16-14-12-10-8-6-4-2/h11-14,17-20,24,26,30,32,36,38,45,48H,3-10,15-16,21-23,25,27-29,31,33-35,37,39-44H2,1-2H3. The zero-order chi connectivity index (χ0) is 37.8. The van der Waals surface area contributed by atoms with E-state index in [1.165, 1.54) is 96.3 Å². The summed E-state index contributed by atoms with van der Waals surface area (Å²) in [5.74, 6) is -0.697. The number of carbonyl (C=O) groups is 2. The summed E-state index contributed by atoms with van der Waals surface area (Å²) in [7, 11) is 0. The Bertz CT molecular complexity index is 999. The van der Waals surface area contributed by atoms with Crippen LogP contribution in [0.3, 0.4) is 0 Å². The van der Waals surface area contributed by atoms with Gasteiger partial charge in [-0.2, -0.15) is 0 Å². The summed E-state index contributed by atoms with van der Waals surface area (Å²) >= 11 is 0. The lowest BCUT2D eigenvalue weighted by Gasteiger charge is -2.15. The van der Waals surface area contributed by atoms with E-state index < -0.39 is 12.1 Å². The molecule has 0 radical (unpaired) electrons. The van der Waals surface area contributed by atoms with Gasteiger partial charge < -0.3 is 14.6 Å². The van der Waals surface area contributed by atoms with Gasteiger partial charge in [0.15, 0.2) is 6.10 Å². The lowest BCUT2D eigenvalue weighted by Crippen LogP contribution is -2.28. The fraction of sp³-hybridized carbons (Fsp3) is 0.660. The average Bonchev–Trinajstić information content (AvgIpc) is 3.15. The van der Waals surface area contributed by atoms with E-state index in [0.717, 1.165) is 51.4 Å². The normalized spacial score (nSPS) is 13.1. The number of unbranched alkanes of at least 4 members (excludes halogenated alkanes) is 15. The minimum Gasteiger partial charge on any atom is -0.462 e. The van der Waals surface area contributed by atoms with Crippen LogP contribution >= 0.6 is 0 Å². The molecule has 1 unspecified atom stereocenters. The van der Waals surface area contributed by atoms with E-state index in [0.29, 0.717) is 12.8 Å². The number of aliphatic hydroxyl groups is 1. The van der Waals surface area contributed by atoms with Gasteiger partial charge in [0.1, 0.15) is 6.61 Å². The molecule has 0 aliphatic rings. The molecule has 296 valence electrons. The van der Waals surface area contributed by atoms with E-state index >= 15 is 0 Å². The van der Waals surface area contributed by atoms with E-state index in [1.807, 2.05) is 12.2 Å². The molecule has 0 amide bonds. The van der Waals surface area contributed by atoms with Crippen LogP contribution < -0.4 is 0 Å². The van der Waals surface area contributed by atoms with Crippen LogP contribution in [-0.4, -0.2) is 36.4 Å². The van der Waals surface area contributed by atoms with Crippen molar-refractivity contribution in [2.45, 2.75) is 187 Å². The third-order valence-corrected chi connectivity index (χ3v) is 8.67. The molecule has 5 heteroatoms. The van der Waals surface area contributed by atoms with E-state index in [-0.39, 0.29) is 25.6 Å². The average molecular weight is 723 g/mol. The van der Waals surface area contributed by atoms with Crippen LogP contribution in [0.4, 0.5) is 0 Å². The van der Waals surface area contributed by atoms with E-state index in [9.17, 15) is 14.7 Å². The van der Waals surface area contributed by atoms with E-state index in [4.69, 9.17) is 9.47 Å². The number of esters is 2. The van der Waals surface area contributed by atoms with Crippen LogP contribution in [-0.2, 0) is 19.1 Å². The quantitative estimate of drug-likeness (QED) is 0.0393. The van der Waals surface area contributed by atoms with E-state index in [2.05, 4.69) is 86.8 Å². The Morgan fingerprint density at radius 1 is 0.442 bits per heavy atom. The Kier molecular flexibility index (Phi) is 40.1. The molecule has 0 aromatic heterocycles. The second-order valence-electron chi connectivity index (χ2n) is 13.7. The molecule has 0 fully saturated rings. The van der Waals surface area contributed by atoms with Gasteiger partial charge in [-0.15, -0.1) is 0 Å². The highest BCUT2D eigenvalue weighted by Crippen LogP contribution is 2.12. The molecule has 0 spiro atoms. The van der Waals surface area contributed by atoms with Crippen LogP contribution in [0, 0.1) is 0 Å². The molecule has 0 heterocycles. The van der Waals surface area contributed by atoms with Gasteiger partial charge in [0.25, 0.3) is 0 Å². The third-order valence-electron chi connectivity index (χ3n) is 8.67. The highest BCUT2D eigenvalue weighted by molar-refractivity contribution is 5.70. The van der Waals surface area contributed by atoms with Crippen molar-refractivity contribution < 1.29 is 24.2 Å². The minimum absolute atomic E-state index is 0.102. The molecule has 1 atom stereocenters. The first-order chi connectivity index (χ1) is 25.6. The Hall–Kier alpha value is -2.92. The number of rotatable bonds is 37. The molecular weight excluding hydrogens is 645 g/mol. The second-order valence-corrected chi connectivity index (χ2v) is 13.7. The second kappa shape index (κ2) is 42.5. The van der Waals surface area contributed by atoms with Crippen molar-refractivity contribution in [1.82, 2.24) is 0 Å². The number of hydrogen-bond donors (Lipinski definition) is 1. The summed E-state index contributed by atoms with van der Waals surface area (Å²) in [5.41, 5.74) is 0. The van der Waals surface area contributed by atoms with Crippen LogP contribution in [0.5, 0.6) is 0 Å². The van der Waals surface area contributed by atoms with Crippen molar-refractivity contribution in [3.8, 4) is 0 Å². The SMILES string of the molecule is CCCCCC=CCC=CCC=CCC=CCC=CCCC(=O)OC(CO)COC(=O)CCCCCCCCCCCC=CCC=CCCCCC. The van der Waals surface area contributed by atoms with Crippen LogP contribution in [0.1, 0.15) is 181 Å². The van der Waals surface area contributed by atoms with Gasteiger partial charge in [-0.3, -0.25) is 9.59 Å². The third kappa shape index (κ3) is 39.9. The number of carbonyl (C=O) groups excluding carboxylic acids is 2. The first-order valence-corrected chi connectivity index (χ1v) is 21.1. The summed E-state index contributed by atoms with van der Waals surface area (Å²) in [6.07, 6.45) is 58.0. The van der Waals surface area contributed by atoms with E-state index in [1.54, 1.807) is 0 Å². The maximum Gasteiger partial charge on any atom is 0.306 e. The molecule has 0 saturated heterocycles. The predicted molar refractivity (Wildman–Crippen MR) is 223 cm³/mol. The molecule has 1 N–H and O–H groups in total. The monoisotopic (exact) mass is 723 g/mol. The van der Waals surface area contributed by atoms with Crippen molar-refractivity contribution in [1.29, 1.82) is 0 Å².